The maximum atomic E-state index is 13.0. The maximum absolute atomic E-state index is 13.0. The molecule has 3 atom stereocenters. The van der Waals surface area contributed by atoms with Crippen molar-refractivity contribution < 1.29 is 24.2 Å². The van der Waals surface area contributed by atoms with Crippen molar-refractivity contribution in [1.29, 1.82) is 5.26 Å². The molecule has 3 N–H and O–H groups in total. The molecule has 1 amide bonds. The molecular weight excluding hydrogens is 446 g/mol. The van der Waals surface area contributed by atoms with Crippen molar-refractivity contribution in [2.24, 2.45) is 5.41 Å². The van der Waals surface area contributed by atoms with Crippen molar-refractivity contribution in [1.82, 2.24) is 10.6 Å². The number of fused-ring (bicyclic) bond motifs is 1. The highest BCUT2D eigenvalue weighted by Gasteiger charge is 2.39. The summed E-state index contributed by atoms with van der Waals surface area (Å²) in [6.45, 7) is 3.90. The number of aliphatic hydroxyl groups is 1. The number of aliphatic hydroxyl groups excluding tert-OH is 1. The van der Waals surface area contributed by atoms with Crippen molar-refractivity contribution in [3.63, 3.8) is 0 Å². The molecule has 0 bridgehead atoms. The number of ether oxygens (including phenoxy) is 2. The van der Waals surface area contributed by atoms with E-state index < -0.39 is 17.6 Å². The lowest BCUT2D eigenvalue weighted by atomic mass is 9.71. The molecule has 8 nitrogen and oxygen atoms in total. The first-order valence-corrected chi connectivity index (χ1v) is 11.6. The Morgan fingerprint density at radius 1 is 1.26 bits per heavy atom. The van der Waals surface area contributed by atoms with Gasteiger partial charge in [0.1, 0.15) is 12.4 Å². The summed E-state index contributed by atoms with van der Waals surface area (Å²) in [7, 11) is 3.01. The first-order chi connectivity index (χ1) is 16.7. The van der Waals surface area contributed by atoms with Gasteiger partial charge in [-0.1, -0.05) is 26.0 Å². The lowest BCUT2D eigenvalue weighted by molar-refractivity contribution is -0.126. The van der Waals surface area contributed by atoms with Gasteiger partial charge in [0.05, 0.1) is 30.9 Å². The van der Waals surface area contributed by atoms with Crippen LogP contribution in [0.1, 0.15) is 53.4 Å². The van der Waals surface area contributed by atoms with Crippen LogP contribution in [0.4, 0.5) is 0 Å². The number of nitriles is 1. The van der Waals surface area contributed by atoms with Crippen LogP contribution in [0.25, 0.3) is 0 Å². The predicted octanol–water partition coefficient (Wildman–Crippen LogP) is 2.54. The molecule has 0 fully saturated rings. The highest BCUT2D eigenvalue weighted by atomic mass is 16.5. The molecule has 0 unspecified atom stereocenters. The van der Waals surface area contributed by atoms with Crippen molar-refractivity contribution in [3.8, 4) is 11.8 Å². The monoisotopic (exact) mass is 479 g/mol. The molecule has 0 heterocycles. The van der Waals surface area contributed by atoms with E-state index in [-0.39, 0.29) is 30.9 Å². The van der Waals surface area contributed by atoms with Gasteiger partial charge in [-0.15, -0.1) is 0 Å². The number of rotatable bonds is 10. The number of nitrogens with one attached hydrogen (secondary N) is 2. The van der Waals surface area contributed by atoms with Gasteiger partial charge < -0.3 is 25.2 Å². The number of hydrogen-bond donors (Lipinski definition) is 3. The summed E-state index contributed by atoms with van der Waals surface area (Å²) in [6.07, 6.45) is -0.0346. The molecule has 186 valence electrons. The number of ketones is 1. The molecule has 2 aromatic carbocycles. The van der Waals surface area contributed by atoms with Crippen molar-refractivity contribution in [2.45, 2.75) is 44.9 Å². The fourth-order valence-corrected chi connectivity index (χ4v) is 4.51. The minimum absolute atomic E-state index is 0.0795. The standard InChI is InChI=1S/C27H33N3O5/c1-27(2)13-23(21-12-19(35-4)8-9-20(21)26(27)33)29-15-24(31)22(30-25(32)16-34-3)11-17-6-5-7-18(10-17)14-28/h5-10,12,22-24,29,31H,11,13,15-16H2,1-4H3,(H,30,32)/t22-,23-,24+/m0/s1. The average Bonchev–Trinajstić information content (AvgIpc) is 2.84. The molecule has 0 spiro atoms. The number of carbonyl (C=O) groups is 2. The maximum Gasteiger partial charge on any atom is 0.246 e. The van der Waals surface area contributed by atoms with Gasteiger partial charge in [-0.2, -0.15) is 5.26 Å². The fraction of sp³-hybridized carbons (Fsp3) is 0.444. The van der Waals surface area contributed by atoms with Gasteiger partial charge in [0.15, 0.2) is 5.78 Å². The molecule has 0 radical (unpaired) electrons. The minimum atomic E-state index is -0.934. The first-order valence-electron chi connectivity index (χ1n) is 11.6. The highest BCUT2D eigenvalue weighted by molar-refractivity contribution is 6.02. The zero-order valence-electron chi connectivity index (χ0n) is 20.6. The van der Waals surface area contributed by atoms with Crippen LogP contribution in [0.3, 0.4) is 0 Å². The molecule has 8 heteroatoms. The minimum Gasteiger partial charge on any atom is -0.497 e. The zero-order chi connectivity index (χ0) is 25.6. The molecule has 1 aliphatic rings. The Bertz CT molecular complexity index is 1110. The van der Waals surface area contributed by atoms with Crippen molar-refractivity contribution in [3.05, 3.63) is 64.7 Å². The van der Waals surface area contributed by atoms with Crippen LogP contribution in [0.5, 0.6) is 5.75 Å². The SMILES string of the molecule is COCC(=O)N[C@@H](Cc1cccc(C#N)c1)[C@H](O)CN[C@H]1CC(C)(C)C(=O)c2ccc(OC)cc21. The van der Waals surface area contributed by atoms with Crippen LogP contribution in [0, 0.1) is 16.7 Å². The fourth-order valence-electron chi connectivity index (χ4n) is 4.51. The summed E-state index contributed by atoms with van der Waals surface area (Å²) in [6, 6.07) is 13.8. The molecule has 0 saturated heterocycles. The average molecular weight is 480 g/mol. The summed E-state index contributed by atoms with van der Waals surface area (Å²) in [4.78, 5) is 25.2. The van der Waals surface area contributed by atoms with Crippen molar-refractivity contribution >= 4 is 11.7 Å². The third-order valence-electron chi connectivity index (χ3n) is 6.38. The Morgan fingerprint density at radius 2 is 2.03 bits per heavy atom. The largest absolute Gasteiger partial charge is 0.497 e. The van der Waals surface area contributed by atoms with E-state index in [9.17, 15) is 20.0 Å². The molecule has 0 aromatic heterocycles. The van der Waals surface area contributed by atoms with Gasteiger partial charge in [-0.3, -0.25) is 9.59 Å². The Kier molecular flexibility index (Phi) is 8.62. The van der Waals surface area contributed by atoms with E-state index in [0.29, 0.717) is 29.7 Å². The van der Waals surface area contributed by atoms with Crippen LogP contribution in [-0.4, -0.2) is 56.3 Å². The van der Waals surface area contributed by atoms with Gasteiger partial charge >= 0.3 is 0 Å². The number of carbonyl (C=O) groups excluding carboxylic acids is 2. The summed E-state index contributed by atoms with van der Waals surface area (Å²) in [5, 5.41) is 26.5. The first kappa shape index (κ1) is 26.4. The summed E-state index contributed by atoms with van der Waals surface area (Å²) >= 11 is 0. The third-order valence-corrected chi connectivity index (χ3v) is 6.38. The molecule has 35 heavy (non-hydrogen) atoms. The summed E-state index contributed by atoms with van der Waals surface area (Å²) in [5.74, 6) is 0.397. The zero-order valence-corrected chi connectivity index (χ0v) is 20.6. The van der Waals surface area contributed by atoms with Crippen LogP contribution in [-0.2, 0) is 16.0 Å². The molecule has 0 aliphatic heterocycles. The molecule has 2 aromatic rings. The molecule has 1 aliphatic carbocycles. The van der Waals surface area contributed by atoms with Gasteiger partial charge in [-0.05, 0) is 54.3 Å². The Labute approximate surface area is 206 Å². The van der Waals surface area contributed by atoms with E-state index in [0.717, 1.165) is 11.1 Å². The lowest BCUT2D eigenvalue weighted by Gasteiger charge is -2.37. The van der Waals surface area contributed by atoms with E-state index in [2.05, 4.69) is 16.7 Å². The number of nitrogens with zero attached hydrogens (tertiary/aromatic N) is 1. The van der Waals surface area contributed by atoms with Gasteiger partial charge in [-0.25, -0.2) is 0 Å². The highest BCUT2D eigenvalue weighted by Crippen LogP contribution is 2.41. The van der Waals surface area contributed by atoms with E-state index in [1.807, 2.05) is 26.0 Å². The second kappa shape index (κ2) is 11.5. The topological polar surface area (TPSA) is 121 Å². The normalized spacial score (nSPS) is 18.2. The number of methoxy groups -OCH3 is 2. The number of amides is 1. The Balaban J connectivity index is 1.79. The van der Waals surface area contributed by atoms with E-state index in [1.54, 1.807) is 37.4 Å². The van der Waals surface area contributed by atoms with Gasteiger partial charge in [0, 0.05) is 30.7 Å². The van der Waals surface area contributed by atoms with Gasteiger partial charge in [0.2, 0.25) is 5.91 Å². The Hall–Kier alpha value is -3.25. The van der Waals surface area contributed by atoms with Crippen LogP contribution >= 0.6 is 0 Å². The van der Waals surface area contributed by atoms with Crippen molar-refractivity contribution in [2.75, 3.05) is 27.4 Å². The van der Waals surface area contributed by atoms with Crippen LogP contribution < -0.4 is 15.4 Å². The molecule has 0 saturated carbocycles. The molecular formula is C27H33N3O5. The second-order valence-electron chi connectivity index (χ2n) is 9.52. The van der Waals surface area contributed by atoms with E-state index in [1.165, 1.54) is 7.11 Å². The predicted molar refractivity (Wildman–Crippen MR) is 131 cm³/mol. The second-order valence-corrected chi connectivity index (χ2v) is 9.52. The van der Waals surface area contributed by atoms with Crippen LogP contribution in [0.2, 0.25) is 0 Å². The lowest BCUT2D eigenvalue weighted by Crippen LogP contribution is -2.50. The van der Waals surface area contributed by atoms with Crippen LogP contribution in [0.15, 0.2) is 42.5 Å². The Morgan fingerprint density at radius 3 is 2.71 bits per heavy atom. The quantitative estimate of drug-likeness (QED) is 0.479. The number of benzene rings is 2. The summed E-state index contributed by atoms with van der Waals surface area (Å²) in [5.41, 5.74) is 2.26. The third kappa shape index (κ3) is 6.45. The smallest absolute Gasteiger partial charge is 0.246 e. The number of Topliss-reactive ketones (excluding diaryl/α,β-unsaturated/α-hetero) is 1. The van der Waals surface area contributed by atoms with Gasteiger partial charge in [0.25, 0.3) is 0 Å². The number of hydrogen-bond acceptors (Lipinski definition) is 7. The van der Waals surface area contributed by atoms with E-state index >= 15 is 0 Å². The van der Waals surface area contributed by atoms with E-state index in [4.69, 9.17) is 9.47 Å². The molecule has 3 rings (SSSR count). The summed E-state index contributed by atoms with van der Waals surface area (Å²) < 4.78 is 10.3.